The van der Waals surface area contributed by atoms with Crippen molar-refractivity contribution < 1.29 is 27.6 Å². The third-order valence-electron chi connectivity index (χ3n) is 4.57. The maximum atomic E-state index is 13.7. The minimum Gasteiger partial charge on any atom is -0.320 e. The van der Waals surface area contributed by atoms with E-state index in [-0.39, 0.29) is 6.42 Å². The van der Waals surface area contributed by atoms with Gasteiger partial charge in [0.1, 0.15) is 35.2 Å². The molecule has 2 N–H and O–H groups in total. The summed E-state index contributed by atoms with van der Waals surface area (Å²) in [6, 6.07) is 7.28. The second-order valence-electron chi connectivity index (χ2n) is 6.23. The zero-order valence-corrected chi connectivity index (χ0v) is 14.8. The van der Waals surface area contributed by atoms with E-state index in [0.717, 1.165) is 30.3 Å². The number of hydrogen-bond donors (Lipinski definition) is 2. The smallest absolute Gasteiger partial charge is 0.320 e. The number of benzene rings is 2. The molecule has 1 fully saturated rings. The van der Waals surface area contributed by atoms with E-state index in [1.54, 1.807) is 6.92 Å². The van der Waals surface area contributed by atoms with Crippen molar-refractivity contribution in [3.63, 3.8) is 0 Å². The molecule has 0 bridgehead atoms. The number of amides is 4. The Morgan fingerprint density at radius 2 is 1.68 bits per heavy atom. The average Bonchev–Trinajstić information content (AvgIpc) is 2.90. The molecule has 1 unspecified atom stereocenters. The standard InChI is InChI=1S/C19H16F3N3O3/c1-2-19(11-6-8-12(20)9-7-11)17(27)25(18(28)24-19)10-15(26)23-16-13(21)4-3-5-14(16)22/h3-9H,2,10H2,1H3,(H,23,26)(H,24,28). The second kappa shape index (κ2) is 7.34. The molecule has 0 spiro atoms. The summed E-state index contributed by atoms with van der Waals surface area (Å²) >= 11 is 0. The van der Waals surface area contributed by atoms with E-state index in [9.17, 15) is 27.6 Å². The van der Waals surface area contributed by atoms with Crippen molar-refractivity contribution in [3.05, 3.63) is 65.5 Å². The Bertz CT molecular complexity index is 929. The quantitative estimate of drug-likeness (QED) is 0.770. The number of urea groups is 1. The van der Waals surface area contributed by atoms with Crippen molar-refractivity contribution in [3.8, 4) is 0 Å². The van der Waals surface area contributed by atoms with E-state index in [4.69, 9.17) is 0 Å². The fourth-order valence-electron chi connectivity index (χ4n) is 3.08. The zero-order chi connectivity index (χ0) is 20.5. The van der Waals surface area contributed by atoms with Gasteiger partial charge in [-0.2, -0.15) is 0 Å². The predicted molar refractivity (Wildman–Crippen MR) is 93.6 cm³/mol. The Morgan fingerprint density at radius 1 is 1.07 bits per heavy atom. The molecule has 2 aromatic carbocycles. The third-order valence-corrected chi connectivity index (χ3v) is 4.57. The molecule has 0 aliphatic carbocycles. The summed E-state index contributed by atoms with van der Waals surface area (Å²) in [5.41, 5.74) is -1.76. The Morgan fingerprint density at radius 3 is 2.25 bits per heavy atom. The van der Waals surface area contributed by atoms with E-state index < -0.39 is 53.1 Å². The van der Waals surface area contributed by atoms with E-state index >= 15 is 0 Å². The maximum absolute atomic E-state index is 13.7. The number of hydrogen-bond acceptors (Lipinski definition) is 3. The van der Waals surface area contributed by atoms with Crippen LogP contribution in [0.2, 0.25) is 0 Å². The lowest BCUT2D eigenvalue weighted by molar-refractivity contribution is -0.134. The molecule has 6 nitrogen and oxygen atoms in total. The summed E-state index contributed by atoms with van der Waals surface area (Å²) in [5.74, 6) is -4.14. The normalized spacial score (nSPS) is 18.9. The number of anilines is 1. The maximum Gasteiger partial charge on any atom is 0.325 e. The highest BCUT2D eigenvalue weighted by molar-refractivity contribution is 6.10. The van der Waals surface area contributed by atoms with Gasteiger partial charge in [0.15, 0.2) is 0 Å². The van der Waals surface area contributed by atoms with Gasteiger partial charge in [0.25, 0.3) is 5.91 Å². The molecule has 3 rings (SSSR count). The molecule has 1 aliphatic rings. The highest BCUT2D eigenvalue weighted by Gasteiger charge is 2.51. The first-order chi connectivity index (χ1) is 13.3. The van der Waals surface area contributed by atoms with Crippen LogP contribution in [0.4, 0.5) is 23.7 Å². The first-order valence-corrected chi connectivity index (χ1v) is 8.42. The third kappa shape index (κ3) is 3.30. The van der Waals surface area contributed by atoms with Crippen molar-refractivity contribution in [2.45, 2.75) is 18.9 Å². The molecule has 1 aliphatic heterocycles. The van der Waals surface area contributed by atoms with Crippen LogP contribution in [0.1, 0.15) is 18.9 Å². The SMILES string of the molecule is CCC1(c2ccc(F)cc2)NC(=O)N(CC(=O)Nc2c(F)cccc2F)C1=O. The average molecular weight is 391 g/mol. The van der Waals surface area contributed by atoms with Gasteiger partial charge in [-0.1, -0.05) is 25.1 Å². The topological polar surface area (TPSA) is 78.5 Å². The van der Waals surface area contributed by atoms with Crippen LogP contribution in [-0.4, -0.2) is 29.3 Å². The first kappa shape index (κ1) is 19.4. The molecule has 9 heteroatoms. The van der Waals surface area contributed by atoms with Crippen LogP contribution < -0.4 is 10.6 Å². The number of halogens is 3. The van der Waals surface area contributed by atoms with Gasteiger partial charge in [0.2, 0.25) is 5.91 Å². The molecular formula is C19H16F3N3O3. The molecule has 28 heavy (non-hydrogen) atoms. The molecule has 1 heterocycles. The van der Waals surface area contributed by atoms with E-state index in [2.05, 4.69) is 5.32 Å². The lowest BCUT2D eigenvalue weighted by Gasteiger charge is -2.25. The monoisotopic (exact) mass is 391 g/mol. The Labute approximate surface area is 158 Å². The Hall–Kier alpha value is -3.36. The number of carbonyl (C=O) groups is 3. The van der Waals surface area contributed by atoms with Crippen LogP contribution >= 0.6 is 0 Å². The van der Waals surface area contributed by atoms with Crippen molar-refractivity contribution >= 4 is 23.5 Å². The highest BCUT2D eigenvalue weighted by Crippen LogP contribution is 2.32. The molecule has 0 aromatic heterocycles. The van der Waals surface area contributed by atoms with Gasteiger partial charge < -0.3 is 10.6 Å². The fraction of sp³-hybridized carbons (Fsp3) is 0.211. The molecule has 1 saturated heterocycles. The van der Waals surface area contributed by atoms with Crippen LogP contribution in [-0.2, 0) is 15.1 Å². The minimum atomic E-state index is -1.45. The van der Waals surface area contributed by atoms with Gasteiger partial charge >= 0.3 is 6.03 Å². The van der Waals surface area contributed by atoms with Crippen LogP contribution in [0, 0.1) is 17.5 Å². The first-order valence-electron chi connectivity index (χ1n) is 8.42. The number of carbonyl (C=O) groups excluding carboxylic acids is 3. The number of nitrogens with one attached hydrogen (secondary N) is 2. The minimum absolute atomic E-state index is 0.156. The Kier molecular flexibility index (Phi) is 5.08. The van der Waals surface area contributed by atoms with E-state index in [1.807, 2.05) is 5.32 Å². The summed E-state index contributed by atoms with van der Waals surface area (Å²) in [6.45, 7) is 0.918. The largest absolute Gasteiger partial charge is 0.325 e. The molecule has 0 saturated carbocycles. The molecule has 1 atom stereocenters. The predicted octanol–water partition coefficient (Wildman–Crippen LogP) is 2.90. The van der Waals surface area contributed by atoms with Gasteiger partial charge in [-0.25, -0.2) is 18.0 Å². The summed E-state index contributed by atoms with van der Waals surface area (Å²) in [5, 5.41) is 4.56. The van der Waals surface area contributed by atoms with Crippen LogP contribution in [0.15, 0.2) is 42.5 Å². The van der Waals surface area contributed by atoms with Gasteiger partial charge in [-0.15, -0.1) is 0 Å². The van der Waals surface area contributed by atoms with E-state index in [1.165, 1.54) is 12.1 Å². The van der Waals surface area contributed by atoms with Crippen LogP contribution in [0.3, 0.4) is 0 Å². The second-order valence-corrected chi connectivity index (χ2v) is 6.23. The number of rotatable bonds is 5. The summed E-state index contributed by atoms with van der Waals surface area (Å²) in [6.07, 6.45) is 0.156. The molecule has 0 radical (unpaired) electrons. The van der Waals surface area contributed by atoms with Crippen LogP contribution in [0.5, 0.6) is 0 Å². The number of para-hydroxylation sites is 1. The van der Waals surface area contributed by atoms with Crippen molar-refractivity contribution in [1.29, 1.82) is 0 Å². The van der Waals surface area contributed by atoms with Gasteiger partial charge in [0, 0.05) is 0 Å². The van der Waals surface area contributed by atoms with Crippen molar-refractivity contribution in [2.24, 2.45) is 0 Å². The summed E-state index contributed by atoms with van der Waals surface area (Å²) < 4.78 is 40.5. The van der Waals surface area contributed by atoms with Crippen molar-refractivity contribution in [1.82, 2.24) is 10.2 Å². The molecular weight excluding hydrogens is 375 g/mol. The van der Waals surface area contributed by atoms with Crippen molar-refractivity contribution in [2.75, 3.05) is 11.9 Å². The lowest BCUT2D eigenvalue weighted by Crippen LogP contribution is -2.44. The fourth-order valence-corrected chi connectivity index (χ4v) is 3.08. The molecule has 146 valence electrons. The van der Waals surface area contributed by atoms with Gasteiger partial charge in [-0.3, -0.25) is 14.5 Å². The number of imide groups is 1. The van der Waals surface area contributed by atoms with Crippen LogP contribution in [0.25, 0.3) is 0 Å². The summed E-state index contributed by atoms with van der Waals surface area (Å²) in [7, 11) is 0. The van der Waals surface area contributed by atoms with Gasteiger partial charge in [-0.05, 0) is 36.2 Å². The number of nitrogens with zero attached hydrogens (tertiary/aromatic N) is 1. The highest BCUT2D eigenvalue weighted by atomic mass is 19.1. The summed E-state index contributed by atoms with van der Waals surface area (Å²) in [4.78, 5) is 38.0. The molecule has 2 aromatic rings. The van der Waals surface area contributed by atoms with Gasteiger partial charge in [0.05, 0.1) is 0 Å². The van der Waals surface area contributed by atoms with E-state index in [0.29, 0.717) is 10.5 Å². The lowest BCUT2D eigenvalue weighted by atomic mass is 9.87. The Balaban J connectivity index is 1.81. The zero-order valence-electron chi connectivity index (χ0n) is 14.8. The molecule has 4 amide bonds.